The van der Waals surface area contributed by atoms with Crippen LogP contribution in [0.25, 0.3) is 0 Å². The van der Waals surface area contributed by atoms with Gasteiger partial charge in [-0.05, 0) is 6.07 Å². The summed E-state index contributed by atoms with van der Waals surface area (Å²) in [6.07, 6.45) is 1.51. The third kappa shape index (κ3) is 1.91. The van der Waals surface area contributed by atoms with Gasteiger partial charge in [-0.15, -0.1) is 0 Å². The largest absolute Gasteiger partial charge is 0.492 e. The van der Waals surface area contributed by atoms with Gasteiger partial charge in [0, 0.05) is 12.6 Å². The first-order valence-electron chi connectivity index (χ1n) is 5.97. The molecule has 1 aromatic carbocycles. The van der Waals surface area contributed by atoms with Crippen LogP contribution in [0.4, 0.5) is 11.5 Å². The van der Waals surface area contributed by atoms with E-state index < -0.39 is 0 Å². The second-order valence-corrected chi connectivity index (χ2v) is 4.46. The molecule has 0 spiro atoms. The van der Waals surface area contributed by atoms with Gasteiger partial charge in [0.05, 0.1) is 11.9 Å². The molecule has 0 bridgehead atoms. The normalized spacial score (nSPS) is 16.8. The van der Waals surface area contributed by atoms with Crippen LogP contribution in [0.3, 0.4) is 0 Å². The molecular weight excluding hydrogens is 244 g/mol. The highest BCUT2D eigenvalue weighted by Crippen LogP contribution is 2.34. The minimum Gasteiger partial charge on any atom is -0.492 e. The van der Waals surface area contributed by atoms with Crippen LogP contribution < -0.4 is 15.8 Å². The first-order valence-corrected chi connectivity index (χ1v) is 5.97. The summed E-state index contributed by atoms with van der Waals surface area (Å²) in [4.78, 5) is 12.3. The second kappa shape index (κ2) is 4.31. The Kier molecular flexibility index (Phi) is 2.63. The van der Waals surface area contributed by atoms with E-state index >= 15 is 0 Å². The number of hydrogen-bond donors (Lipinski definition) is 2. The standard InChI is InChI=1S/C13H14N4O2/c1-17-12(10(14)6-15-17)16-13(18)9-7-19-11-5-3-2-4-8(9)11/h2-6,9H,7,14H2,1H3,(H,16,18). The number of carbonyl (C=O) groups is 1. The minimum atomic E-state index is -0.314. The predicted molar refractivity (Wildman–Crippen MR) is 70.9 cm³/mol. The summed E-state index contributed by atoms with van der Waals surface area (Å²) in [6.45, 7) is 0.350. The highest BCUT2D eigenvalue weighted by Gasteiger charge is 2.30. The van der Waals surface area contributed by atoms with Gasteiger partial charge >= 0.3 is 0 Å². The summed E-state index contributed by atoms with van der Waals surface area (Å²) >= 11 is 0. The average molecular weight is 258 g/mol. The Hall–Kier alpha value is -2.50. The van der Waals surface area contributed by atoms with E-state index in [1.807, 2.05) is 24.3 Å². The van der Waals surface area contributed by atoms with E-state index in [9.17, 15) is 4.79 Å². The van der Waals surface area contributed by atoms with E-state index in [1.165, 1.54) is 10.9 Å². The zero-order valence-electron chi connectivity index (χ0n) is 10.5. The van der Waals surface area contributed by atoms with Crippen molar-refractivity contribution in [2.75, 3.05) is 17.7 Å². The van der Waals surface area contributed by atoms with Crippen molar-refractivity contribution in [3.63, 3.8) is 0 Å². The fraction of sp³-hybridized carbons (Fsp3) is 0.231. The molecule has 1 unspecified atom stereocenters. The summed E-state index contributed by atoms with van der Waals surface area (Å²) in [5.74, 6) is 0.820. The van der Waals surface area contributed by atoms with Crippen LogP contribution in [0, 0.1) is 0 Å². The van der Waals surface area contributed by atoms with Crippen molar-refractivity contribution in [3.05, 3.63) is 36.0 Å². The molecule has 3 rings (SSSR count). The number of rotatable bonds is 2. The number of aryl methyl sites for hydroxylation is 1. The van der Waals surface area contributed by atoms with Crippen LogP contribution in [-0.4, -0.2) is 22.3 Å². The Morgan fingerprint density at radius 2 is 2.32 bits per heavy atom. The molecule has 0 fully saturated rings. The summed E-state index contributed by atoms with van der Waals surface area (Å²) in [7, 11) is 1.73. The Labute approximate surface area is 110 Å². The topological polar surface area (TPSA) is 82.2 Å². The maximum atomic E-state index is 12.3. The summed E-state index contributed by atoms with van der Waals surface area (Å²) in [5, 5.41) is 6.78. The van der Waals surface area contributed by atoms with Crippen LogP contribution in [0.2, 0.25) is 0 Å². The van der Waals surface area contributed by atoms with Gasteiger partial charge in [-0.2, -0.15) is 5.10 Å². The van der Waals surface area contributed by atoms with Crippen LogP contribution in [0.15, 0.2) is 30.5 Å². The van der Waals surface area contributed by atoms with E-state index in [-0.39, 0.29) is 11.8 Å². The smallest absolute Gasteiger partial charge is 0.236 e. The second-order valence-electron chi connectivity index (χ2n) is 4.46. The number of hydrogen-bond acceptors (Lipinski definition) is 4. The van der Waals surface area contributed by atoms with Gasteiger partial charge in [0.2, 0.25) is 5.91 Å². The number of fused-ring (bicyclic) bond motifs is 1. The number of anilines is 2. The molecule has 0 radical (unpaired) electrons. The molecule has 6 heteroatoms. The Morgan fingerprint density at radius 3 is 3.05 bits per heavy atom. The lowest BCUT2D eigenvalue weighted by atomic mass is 10.0. The Morgan fingerprint density at radius 1 is 1.53 bits per heavy atom. The van der Waals surface area contributed by atoms with E-state index in [4.69, 9.17) is 10.5 Å². The van der Waals surface area contributed by atoms with E-state index in [0.29, 0.717) is 18.1 Å². The van der Waals surface area contributed by atoms with Gasteiger partial charge in [-0.1, -0.05) is 18.2 Å². The first kappa shape index (κ1) is 11.6. The zero-order chi connectivity index (χ0) is 13.4. The van der Waals surface area contributed by atoms with Gasteiger partial charge in [0.25, 0.3) is 0 Å². The maximum Gasteiger partial charge on any atom is 0.236 e. The molecule has 0 saturated heterocycles. The van der Waals surface area contributed by atoms with E-state index in [1.54, 1.807) is 7.05 Å². The van der Waals surface area contributed by atoms with Gasteiger partial charge in [0.15, 0.2) is 5.82 Å². The SMILES string of the molecule is Cn1ncc(N)c1NC(=O)C1COc2ccccc21. The summed E-state index contributed by atoms with van der Waals surface area (Å²) < 4.78 is 7.03. The quantitative estimate of drug-likeness (QED) is 0.845. The molecule has 98 valence electrons. The number of amides is 1. The van der Waals surface area contributed by atoms with Crippen molar-refractivity contribution >= 4 is 17.4 Å². The Bertz CT molecular complexity index is 616. The number of nitrogen functional groups attached to an aromatic ring is 1. The molecule has 0 aliphatic carbocycles. The highest BCUT2D eigenvalue weighted by molar-refractivity contribution is 5.98. The molecule has 2 heterocycles. The fourth-order valence-electron chi connectivity index (χ4n) is 2.19. The zero-order valence-corrected chi connectivity index (χ0v) is 10.5. The number of nitrogens with one attached hydrogen (secondary N) is 1. The lowest BCUT2D eigenvalue weighted by Crippen LogP contribution is -2.24. The molecular formula is C13H14N4O2. The maximum absolute atomic E-state index is 12.3. The van der Waals surface area contributed by atoms with Gasteiger partial charge in [-0.3, -0.25) is 9.48 Å². The van der Waals surface area contributed by atoms with Crippen LogP contribution >= 0.6 is 0 Å². The first-order chi connectivity index (χ1) is 9.16. The molecule has 1 atom stereocenters. The third-order valence-electron chi connectivity index (χ3n) is 3.23. The van der Waals surface area contributed by atoms with Gasteiger partial charge in [0.1, 0.15) is 18.3 Å². The van der Waals surface area contributed by atoms with Crippen molar-refractivity contribution in [2.45, 2.75) is 5.92 Å². The summed E-state index contributed by atoms with van der Waals surface area (Å²) in [6, 6.07) is 7.55. The Balaban J connectivity index is 1.83. The van der Waals surface area contributed by atoms with Crippen molar-refractivity contribution in [1.82, 2.24) is 9.78 Å². The van der Waals surface area contributed by atoms with Crippen molar-refractivity contribution in [3.8, 4) is 5.75 Å². The monoisotopic (exact) mass is 258 g/mol. The summed E-state index contributed by atoms with van der Waals surface area (Å²) in [5.41, 5.74) is 7.10. The fourth-order valence-corrected chi connectivity index (χ4v) is 2.19. The predicted octanol–water partition coefficient (Wildman–Crippen LogP) is 1.12. The van der Waals surface area contributed by atoms with Gasteiger partial charge in [-0.25, -0.2) is 0 Å². The molecule has 1 aliphatic rings. The number of para-hydroxylation sites is 1. The molecule has 3 N–H and O–H groups in total. The number of aromatic nitrogens is 2. The number of nitrogens with two attached hydrogens (primary N) is 1. The minimum absolute atomic E-state index is 0.139. The molecule has 1 aromatic heterocycles. The van der Waals surface area contributed by atoms with Crippen molar-refractivity contribution in [1.29, 1.82) is 0 Å². The lowest BCUT2D eigenvalue weighted by Gasteiger charge is -2.11. The molecule has 1 amide bonds. The molecule has 19 heavy (non-hydrogen) atoms. The molecule has 6 nitrogen and oxygen atoms in total. The van der Waals surface area contributed by atoms with Crippen LogP contribution in [-0.2, 0) is 11.8 Å². The van der Waals surface area contributed by atoms with Gasteiger partial charge < -0.3 is 15.8 Å². The van der Waals surface area contributed by atoms with Crippen LogP contribution in [0.1, 0.15) is 11.5 Å². The van der Waals surface area contributed by atoms with E-state index in [2.05, 4.69) is 10.4 Å². The number of benzene rings is 1. The molecule has 1 aliphatic heterocycles. The average Bonchev–Trinajstić information content (AvgIpc) is 2.97. The van der Waals surface area contributed by atoms with Crippen LogP contribution in [0.5, 0.6) is 5.75 Å². The number of carbonyl (C=O) groups excluding carboxylic acids is 1. The highest BCUT2D eigenvalue weighted by atomic mass is 16.5. The molecule has 0 saturated carbocycles. The molecule has 2 aromatic rings. The number of ether oxygens (including phenoxy) is 1. The van der Waals surface area contributed by atoms with Crippen molar-refractivity contribution < 1.29 is 9.53 Å². The number of nitrogens with zero attached hydrogens (tertiary/aromatic N) is 2. The van der Waals surface area contributed by atoms with E-state index in [0.717, 1.165) is 11.3 Å². The lowest BCUT2D eigenvalue weighted by molar-refractivity contribution is -0.117. The third-order valence-corrected chi connectivity index (χ3v) is 3.23. The van der Waals surface area contributed by atoms with Crippen molar-refractivity contribution in [2.24, 2.45) is 7.05 Å².